The van der Waals surface area contributed by atoms with Crippen molar-refractivity contribution >= 4 is 59.6 Å². The maximum absolute atomic E-state index is 13.1. The number of piperidine rings is 3. The molecule has 37 heavy (non-hydrogen) atoms. The molecule has 3 atom stereocenters. The number of β-lactam (4-membered cyclic amide) rings is 1. The SMILES string of the molecule is CON=C(C(=O)N[C@@H]1C(=O)N2C(C(=O)[O-])=C(C[N+]34CCC(C(N)=O)(CC3)CC4)CS[C@H]12)N1C=NSC1N. The number of thioether (sulfide) groups is 1. The number of aliphatic carboxylic acids is 1. The van der Waals surface area contributed by atoms with Gasteiger partial charge >= 0.3 is 0 Å². The van der Waals surface area contributed by atoms with Gasteiger partial charge in [-0.1, -0.05) is 5.16 Å². The zero-order valence-corrected chi connectivity index (χ0v) is 21.8. The number of nitrogens with one attached hydrogen (secondary N) is 1. The van der Waals surface area contributed by atoms with E-state index in [1.807, 2.05) is 0 Å². The van der Waals surface area contributed by atoms with Gasteiger partial charge in [0.2, 0.25) is 11.7 Å². The maximum Gasteiger partial charge on any atom is 0.291 e. The molecule has 6 rings (SSSR count). The summed E-state index contributed by atoms with van der Waals surface area (Å²) < 4.78 is 4.60. The van der Waals surface area contributed by atoms with Crippen LogP contribution in [0.25, 0.3) is 0 Å². The average molecular weight is 553 g/mol. The zero-order chi connectivity index (χ0) is 26.5. The average Bonchev–Trinajstić information content (AvgIpc) is 3.31. The van der Waals surface area contributed by atoms with Gasteiger partial charge in [-0.05, 0) is 0 Å². The number of amides is 3. The van der Waals surface area contributed by atoms with Crippen molar-refractivity contribution in [3.8, 4) is 0 Å². The number of rotatable bonds is 6. The molecule has 14 nitrogen and oxygen atoms in total. The molecule has 0 spiro atoms. The molecule has 0 aromatic carbocycles. The molecule has 16 heteroatoms. The molecule has 3 amide bonds. The monoisotopic (exact) mass is 552 g/mol. The van der Waals surface area contributed by atoms with Gasteiger partial charge in [-0.15, -0.1) is 11.8 Å². The normalized spacial score (nSPS) is 34.8. The van der Waals surface area contributed by atoms with E-state index >= 15 is 0 Å². The molecule has 6 aliphatic heterocycles. The van der Waals surface area contributed by atoms with Crippen LogP contribution in [0.3, 0.4) is 0 Å². The van der Waals surface area contributed by atoms with Crippen LogP contribution in [0.4, 0.5) is 0 Å². The van der Waals surface area contributed by atoms with Gasteiger partial charge in [0.25, 0.3) is 11.8 Å². The number of carboxylic acids is 1. The third-order valence-corrected chi connectivity index (χ3v) is 10.0. The number of quaternary nitrogens is 1. The van der Waals surface area contributed by atoms with Gasteiger partial charge in [0.15, 0.2) is 5.50 Å². The Morgan fingerprint density at radius 2 is 2.00 bits per heavy atom. The van der Waals surface area contributed by atoms with Crippen molar-refractivity contribution in [1.29, 1.82) is 0 Å². The lowest BCUT2D eigenvalue weighted by atomic mass is 9.70. The van der Waals surface area contributed by atoms with Gasteiger partial charge < -0.3 is 36.0 Å². The lowest BCUT2D eigenvalue weighted by molar-refractivity contribution is -0.940. The number of carboxylic acid groups (broad SMARTS) is 1. The number of amidine groups is 1. The summed E-state index contributed by atoms with van der Waals surface area (Å²) in [6.45, 7) is 2.66. The number of hydrogen-bond donors (Lipinski definition) is 3. The summed E-state index contributed by atoms with van der Waals surface area (Å²) in [4.78, 5) is 57.5. The van der Waals surface area contributed by atoms with Crippen LogP contribution < -0.4 is 21.9 Å². The van der Waals surface area contributed by atoms with Crippen molar-refractivity contribution in [3.05, 3.63) is 11.3 Å². The third-order valence-electron chi connectivity index (χ3n) is 8.01. The molecule has 0 saturated carbocycles. The number of nitrogens with zero attached hydrogens (tertiary/aromatic N) is 5. The van der Waals surface area contributed by atoms with Crippen LogP contribution in [-0.4, -0.2) is 106 Å². The predicted octanol–water partition coefficient (Wildman–Crippen LogP) is -2.93. The highest BCUT2D eigenvalue weighted by Gasteiger charge is 2.56. The third kappa shape index (κ3) is 4.24. The first-order chi connectivity index (χ1) is 17.6. The Kier molecular flexibility index (Phi) is 6.62. The highest BCUT2D eigenvalue weighted by atomic mass is 32.2. The quantitative estimate of drug-likeness (QED) is 0.0766. The van der Waals surface area contributed by atoms with E-state index in [9.17, 15) is 24.3 Å². The Morgan fingerprint density at radius 3 is 2.54 bits per heavy atom. The van der Waals surface area contributed by atoms with Gasteiger partial charge in [-0.25, -0.2) is 4.40 Å². The smallest absolute Gasteiger partial charge is 0.291 e. The van der Waals surface area contributed by atoms with E-state index in [2.05, 4.69) is 14.9 Å². The Morgan fingerprint density at radius 1 is 1.32 bits per heavy atom. The molecule has 1 unspecified atom stereocenters. The van der Waals surface area contributed by atoms with E-state index in [1.54, 1.807) is 0 Å². The molecule has 6 heterocycles. The minimum absolute atomic E-state index is 0.125. The molecule has 0 aromatic rings. The number of hydrogen-bond acceptors (Lipinski definition) is 11. The number of carbonyl (C=O) groups excluding carboxylic acids is 4. The second kappa shape index (κ2) is 9.49. The summed E-state index contributed by atoms with van der Waals surface area (Å²) in [5.41, 5.74) is 10.9. The second-order valence-corrected chi connectivity index (χ2v) is 11.9. The van der Waals surface area contributed by atoms with Crippen LogP contribution in [0.2, 0.25) is 0 Å². The van der Waals surface area contributed by atoms with Crippen LogP contribution in [0.1, 0.15) is 19.3 Å². The molecule has 0 aromatic heterocycles. The Hall–Kier alpha value is -2.82. The van der Waals surface area contributed by atoms with E-state index < -0.39 is 40.1 Å². The van der Waals surface area contributed by atoms with Gasteiger partial charge in [0.05, 0.1) is 36.7 Å². The fourth-order valence-corrected chi connectivity index (χ4v) is 7.67. The van der Waals surface area contributed by atoms with E-state index in [0.717, 1.165) is 31.6 Å². The molecular formula is C21H28N8O6S2. The summed E-state index contributed by atoms with van der Waals surface area (Å²) in [6.07, 6.45) is 3.37. The van der Waals surface area contributed by atoms with Crippen molar-refractivity contribution in [2.24, 2.45) is 26.4 Å². The van der Waals surface area contributed by atoms with E-state index in [0.29, 0.717) is 41.6 Å². The van der Waals surface area contributed by atoms with Gasteiger partial charge in [-0.2, -0.15) is 0 Å². The van der Waals surface area contributed by atoms with Crippen molar-refractivity contribution < 1.29 is 33.6 Å². The predicted molar refractivity (Wildman–Crippen MR) is 133 cm³/mol. The van der Waals surface area contributed by atoms with Crippen molar-refractivity contribution in [3.63, 3.8) is 0 Å². The molecule has 4 fully saturated rings. The lowest BCUT2D eigenvalue weighted by Crippen LogP contribution is -2.72. The summed E-state index contributed by atoms with van der Waals surface area (Å²) in [5, 5.41) is 18.0. The topological polar surface area (TPSA) is 196 Å². The minimum atomic E-state index is -1.42. The molecular weight excluding hydrogens is 524 g/mol. The molecule has 2 bridgehead atoms. The molecule has 5 N–H and O–H groups in total. The highest BCUT2D eigenvalue weighted by molar-refractivity contribution is 8.00. The van der Waals surface area contributed by atoms with Crippen LogP contribution in [0, 0.1) is 5.41 Å². The number of primary amides is 1. The van der Waals surface area contributed by atoms with Gasteiger partial charge in [-0.3, -0.25) is 24.2 Å². The summed E-state index contributed by atoms with van der Waals surface area (Å²) in [5.74, 6) is -2.72. The molecule has 4 saturated heterocycles. The number of oxime groups is 1. The minimum Gasteiger partial charge on any atom is -0.543 e. The molecule has 200 valence electrons. The first kappa shape index (κ1) is 25.8. The molecule has 0 aliphatic carbocycles. The van der Waals surface area contributed by atoms with E-state index in [4.69, 9.17) is 16.3 Å². The van der Waals surface area contributed by atoms with Crippen LogP contribution in [0.15, 0.2) is 20.8 Å². The first-order valence-corrected chi connectivity index (χ1v) is 13.7. The molecule has 0 radical (unpaired) electrons. The summed E-state index contributed by atoms with van der Waals surface area (Å²) in [6, 6.07) is -0.952. The van der Waals surface area contributed by atoms with E-state index in [1.165, 1.54) is 35.0 Å². The highest BCUT2D eigenvalue weighted by Crippen LogP contribution is 2.46. The van der Waals surface area contributed by atoms with Gasteiger partial charge in [0, 0.05) is 42.5 Å². The fourth-order valence-electron chi connectivity index (χ4n) is 5.80. The Bertz CT molecular complexity index is 1120. The van der Waals surface area contributed by atoms with Crippen molar-refractivity contribution in [2.75, 3.05) is 39.0 Å². The standard InChI is InChI=1S/C21H28N8O6S2/c1-35-26-14(27-10-24-37-20(27)23)15(30)25-12-16(31)28-13(18(32)33)11(9-36-17(12)28)8-29-5-2-21(3-6-29,4-7-29)19(22)34/h10,12,17,20H,2-9,23H2,1H3,(H3-,22,25,30,32,33,34)/t12-,17-,20?,21?,29?/m1/s1. The van der Waals surface area contributed by atoms with E-state index in [-0.39, 0.29) is 17.4 Å². The van der Waals surface area contributed by atoms with Crippen molar-refractivity contribution in [1.82, 2.24) is 15.1 Å². The maximum atomic E-state index is 13.1. The first-order valence-electron chi connectivity index (χ1n) is 11.8. The summed E-state index contributed by atoms with van der Waals surface area (Å²) in [7, 11) is 1.27. The lowest BCUT2D eigenvalue weighted by Gasteiger charge is -2.55. The zero-order valence-electron chi connectivity index (χ0n) is 20.1. The molecule has 6 aliphatic rings. The Labute approximate surface area is 221 Å². The summed E-state index contributed by atoms with van der Waals surface area (Å²) >= 11 is 2.42. The number of carbonyl (C=O) groups is 4. The van der Waals surface area contributed by atoms with Crippen LogP contribution in [0.5, 0.6) is 0 Å². The fraction of sp³-hybridized carbons (Fsp3) is 0.619. The van der Waals surface area contributed by atoms with Gasteiger partial charge in [0.1, 0.15) is 31.4 Å². The second-order valence-electron chi connectivity index (χ2n) is 9.89. The largest absolute Gasteiger partial charge is 0.543 e. The van der Waals surface area contributed by atoms with Crippen molar-refractivity contribution in [2.45, 2.75) is 36.2 Å². The number of nitrogens with two attached hydrogens (primary N) is 2. The van der Waals surface area contributed by atoms with Crippen LogP contribution >= 0.6 is 23.7 Å². The Balaban J connectivity index is 1.31. The van der Waals surface area contributed by atoms with Crippen LogP contribution in [-0.2, 0) is 24.0 Å². The number of fused-ring (bicyclic) bond motifs is 4.